The number of aromatic nitrogens is 2. The monoisotopic (exact) mass is 474 g/mol. The molecule has 0 spiro atoms. The quantitative estimate of drug-likeness (QED) is 0.490. The number of anilines is 2. The van der Waals surface area contributed by atoms with Crippen LogP contribution in [-0.4, -0.2) is 35.3 Å². The van der Waals surface area contributed by atoms with Gasteiger partial charge in [0.25, 0.3) is 11.5 Å². The second-order valence-electron chi connectivity index (χ2n) is 7.38. The number of ether oxygens (including phenoxy) is 2. The number of H-pyrrole nitrogens is 1. The first kappa shape index (κ1) is 24.6. The molecule has 3 rings (SSSR count). The zero-order valence-corrected chi connectivity index (χ0v) is 18.6. The molecule has 9 nitrogen and oxygen atoms in total. The van der Waals surface area contributed by atoms with Crippen molar-refractivity contribution < 1.29 is 23.0 Å². The van der Waals surface area contributed by atoms with Gasteiger partial charge in [0.1, 0.15) is 11.6 Å². The van der Waals surface area contributed by atoms with E-state index in [0.29, 0.717) is 5.56 Å². The largest absolute Gasteiger partial charge is 0.481 e. The number of rotatable bonds is 9. The molecule has 180 valence electrons. The summed E-state index contributed by atoms with van der Waals surface area (Å²) in [5.41, 5.74) is 4.99. The fourth-order valence-corrected chi connectivity index (χ4v) is 3.30. The van der Waals surface area contributed by atoms with Crippen LogP contribution in [0.5, 0.6) is 5.75 Å². The zero-order chi connectivity index (χ0) is 24.8. The minimum Gasteiger partial charge on any atom is -0.481 e. The van der Waals surface area contributed by atoms with Gasteiger partial charge >= 0.3 is 5.69 Å². The van der Waals surface area contributed by atoms with E-state index < -0.39 is 34.9 Å². The van der Waals surface area contributed by atoms with Gasteiger partial charge in [0.15, 0.2) is 23.4 Å². The third kappa shape index (κ3) is 5.49. The van der Waals surface area contributed by atoms with Crippen molar-refractivity contribution in [3.05, 3.63) is 86.6 Å². The molecule has 1 atom stereocenters. The normalized spacial score (nSPS) is 11.8. The van der Waals surface area contributed by atoms with E-state index in [4.69, 9.17) is 15.2 Å². The summed E-state index contributed by atoms with van der Waals surface area (Å²) >= 11 is 0. The number of carbonyl (C=O) groups is 1. The van der Waals surface area contributed by atoms with Gasteiger partial charge in [0, 0.05) is 13.2 Å². The second kappa shape index (κ2) is 10.8. The Balaban J connectivity index is 2.03. The highest BCUT2D eigenvalue weighted by Crippen LogP contribution is 2.23. The van der Waals surface area contributed by atoms with Crippen LogP contribution in [-0.2, 0) is 22.6 Å². The number of benzene rings is 2. The molecule has 11 heteroatoms. The topological polar surface area (TPSA) is 120 Å². The minimum absolute atomic E-state index is 0.0409. The van der Waals surface area contributed by atoms with Crippen LogP contribution in [0.15, 0.2) is 58.1 Å². The molecule has 0 aliphatic rings. The van der Waals surface area contributed by atoms with Crippen LogP contribution in [0.2, 0.25) is 0 Å². The lowest BCUT2D eigenvalue weighted by atomic mass is 10.2. The van der Waals surface area contributed by atoms with E-state index in [2.05, 4.69) is 4.98 Å². The van der Waals surface area contributed by atoms with Crippen molar-refractivity contribution in [2.45, 2.75) is 26.1 Å². The van der Waals surface area contributed by atoms with E-state index in [0.717, 1.165) is 21.6 Å². The van der Waals surface area contributed by atoms with Crippen molar-refractivity contribution in [2.75, 3.05) is 24.4 Å². The summed E-state index contributed by atoms with van der Waals surface area (Å²) in [6.07, 6.45) is -1.22. The predicted molar refractivity (Wildman–Crippen MR) is 122 cm³/mol. The van der Waals surface area contributed by atoms with Gasteiger partial charge in [0.05, 0.1) is 19.7 Å². The Morgan fingerprint density at radius 3 is 2.50 bits per heavy atom. The van der Waals surface area contributed by atoms with Crippen LogP contribution in [0.3, 0.4) is 0 Å². The average Bonchev–Trinajstić information content (AvgIpc) is 2.80. The van der Waals surface area contributed by atoms with Crippen molar-refractivity contribution >= 4 is 17.4 Å². The summed E-state index contributed by atoms with van der Waals surface area (Å²) in [5, 5.41) is 0. The van der Waals surface area contributed by atoms with Crippen molar-refractivity contribution in [2.24, 2.45) is 0 Å². The number of amides is 1. The van der Waals surface area contributed by atoms with E-state index in [1.165, 1.54) is 20.1 Å². The summed E-state index contributed by atoms with van der Waals surface area (Å²) in [6, 6.07) is 11.6. The van der Waals surface area contributed by atoms with Gasteiger partial charge in [-0.15, -0.1) is 0 Å². The molecule has 2 aromatic carbocycles. The standard InChI is InChI=1S/C23H24F2N4O5/c1-14(34-16-8-9-17(24)18(25)12-16)22(31)29(13-15-6-4-3-5-7-15)19-20(26)28(10-11-33-2)23(32)27-21(19)30/h3-9,12,14H,10-11,13,26H2,1-2H3,(H,27,30,32). The number of nitrogens with one attached hydrogen (secondary N) is 1. The number of aromatic amines is 1. The summed E-state index contributed by atoms with van der Waals surface area (Å²) < 4.78 is 38.4. The molecule has 1 aromatic heterocycles. The molecule has 3 N–H and O–H groups in total. The van der Waals surface area contributed by atoms with Gasteiger partial charge in [-0.1, -0.05) is 30.3 Å². The van der Waals surface area contributed by atoms with Crippen LogP contribution in [0.25, 0.3) is 0 Å². The molecular weight excluding hydrogens is 450 g/mol. The zero-order valence-electron chi connectivity index (χ0n) is 18.6. The SMILES string of the molecule is COCCn1c(N)c(N(Cc2ccccc2)C(=O)C(C)Oc2ccc(F)c(F)c2)c(=O)[nH]c1=O. The summed E-state index contributed by atoms with van der Waals surface area (Å²) in [6.45, 7) is 1.50. The Morgan fingerprint density at radius 1 is 1.15 bits per heavy atom. The van der Waals surface area contributed by atoms with E-state index in [1.54, 1.807) is 30.3 Å². The molecule has 34 heavy (non-hydrogen) atoms. The fourth-order valence-electron chi connectivity index (χ4n) is 3.30. The number of nitrogens with zero attached hydrogens (tertiary/aromatic N) is 2. The van der Waals surface area contributed by atoms with Gasteiger partial charge < -0.3 is 15.2 Å². The Labute approximate surface area is 193 Å². The summed E-state index contributed by atoms with van der Waals surface area (Å²) in [4.78, 5) is 41.8. The summed E-state index contributed by atoms with van der Waals surface area (Å²) in [5.74, 6) is -3.19. The maximum Gasteiger partial charge on any atom is 0.330 e. The molecule has 3 aromatic rings. The van der Waals surface area contributed by atoms with E-state index in [-0.39, 0.29) is 37.0 Å². The third-order valence-corrected chi connectivity index (χ3v) is 5.00. The lowest BCUT2D eigenvalue weighted by Gasteiger charge is -2.27. The molecule has 0 saturated carbocycles. The number of methoxy groups -OCH3 is 1. The molecule has 1 heterocycles. The van der Waals surface area contributed by atoms with Crippen LogP contribution >= 0.6 is 0 Å². The van der Waals surface area contributed by atoms with Crippen LogP contribution in [0.4, 0.5) is 20.3 Å². The van der Waals surface area contributed by atoms with Gasteiger partial charge in [-0.2, -0.15) is 0 Å². The predicted octanol–water partition coefficient (Wildman–Crippen LogP) is 2.04. The maximum atomic E-state index is 13.6. The van der Waals surface area contributed by atoms with Crippen molar-refractivity contribution in [3.8, 4) is 5.75 Å². The van der Waals surface area contributed by atoms with Gasteiger partial charge in [-0.3, -0.25) is 24.0 Å². The number of hydrogen-bond acceptors (Lipinski definition) is 6. The number of carbonyl (C=O) groups excluding carboxylic acids is 1. The fraction of sp³-hybridized carbons (Fsp3) is 0.261. The van der Waals surface area contributed by atoms with Crippen LogP contribution < -0.4 is 26.6 Å². The molecule has 1 unspecified atom stereocenters. The van der Waals surface area contributed by atoms with Crippen molar-refractivity contribution in [1.29, 1.82) is 0 Å². The molecule has 0 aliphatic heterocycles. The maximum absolute atomic E-state index is 13.6. The molecule has 1 amide bonds. The average molecular weight is 474 g/mol. The van der Waals surface area contributed by atoms with E-state index in [1.807, 2.05) is 0 Å². The number of nitrogens with two attached hydrogens (primary N) is 1. The first-order valence-electron chi connectivity index (χ1n) is 10.3. The minimum atomic E-state index is -1.22. The Morgan fingerprint density at radius 2 is 1.85 bits per heavy atom. The smallest absolute Gasteiger partial charge is 0.330 e. The van der Waals surface area contributed by atoms with Crippen LogP contribution in [0.1, 0.15) is 12.5 Å². The van der Waals surface area contributed by atoms with Crippen LogP contribution in [0, 0.1) is 11.6 Å². The van der Waals surface area contributed by atoms with Gasteiger partial charge in [-0.05, 0) is 24.6 Å². The lowest BCUT2D eigenvalue weighted by molar-refractivity contribution is -0.124. The molecule has 0 saturated heterocycles. The third-order valence-electron chi connectivity index (χ3n) is 5.00. The highest BCUT2D eigenvalue weighted by Gasteiger charge is 2.29. The molecule has 0 radical (unpaired) electrons. The number of hydrogen-bond donors (Lipinski definition) is 2. The molecule has 0 fully saturated rings. The van der Waals surface area contributed by atoms with Gasteiger partial charge in [-0.25, -0.2) is 13.6 Å². The highest BCUT2D eigenvalue weighted by atomic mass is 19.2. The summed E-state index contributed by atoms with van der Waals surface area (Å²) in [7, 11) is 1.44. The molecule has 0 bridgehead atoms. The van der Waals surface area contributed by atoms with Gasteiger partial charge in [0.2, 0.25) is 0 Å². The first-order valence-corrected chi connectivity index (χ1v) is 10.3. The van der Waals surface area contributed by atoms with Crippen molar-refractivity contribution in [3.63, 3.8) is 0 Å². The molecular formula is C23H24F2N4O5. The first-order chi connectivity index (χ1) is 16.2. The van der Waals surface area contributed by atoms with Crippen molar-refractivity contribution in [1.82, 2.24) is 9.55 Å². The Kier molecular flexibility index (Phi) is 7.79. The highest BCUT2D eigenvalue weighted by molar-refractivity contribution is 5.98. The Bertz CT molecular complexity index is 1280. The Hall–Kier alpha value is -3.99. The lowest BCUT2D eigenvalue weighted by Crippen LogP contribution is -2.45. The second-order valence-corrected chi connectivity index (χ2v) is 7.38. The number of nitrogen functional groups attached to an aromatic ring is 1. The van der Waals surface area contributed by atoms with E-state index in [9.17, 15) is 23.2 Å². The molecule has 0 aliphatic carbocycles. The van der Waals surface area contributed by atoms with E-state index >= 15 is 0 Å². The number of halogens is 2.